The largest absolute Gasteiger partial charge is 0.449 e. The Kier molecular flexibility index (Phi) is 3.71. The molecule has 1 N–H and O–H groups in total. The number of hydrogen-bond acceptors (Lipinski definition) is 4. The number of nitrogens with zero attached hydrogens (tertiary/aromatic N) is 1. The topological polar surface area (TPSA) is 68.3 Å². The smallest absolute Gasteiger partial charge is 0.339 e. The molecular formula is C19H20N2O3. The molecule has 1 heterocycles. The molecule has 2 aromatic rings. The van der Waals surface area contributed by atoms with E-state index in [1.54, 1.807) is 6.92 Å². The number of esters is 1. The van der Waals surface area contributed by atoms with E-state index in [2.05, 4.69) is 10.3 Å². The molecule has 5 heteroatoms. The Morgan fingerprint density at radius 3 is 2.83 bits per heavy atom. The molecule has 1 aromatic heterocycles. The zero-order chi connectivity index (χ0) is 16.7. The van der Waals surface area contributed by atoms with E-state index in [4.69, 9.17) is 4.74 Å². The van der Waals surface area contributed by atoms with Gasteiger partial charge in [-0.1, -0.05) is 18.2 Å². The van der Waals surface area contributed by atoms with Crippen LogP contribution in [-0.4, -0.2) is 29.0 Å². The van der Waals surface area contributed by atoms with Crippen LogP contribution in [0.5, 0.6) is 0 Å². The molecule has 1 amide bonds. The number of amides is 1. The number of para-hydroxylation sites is 1. The number of hydrogen-bond donors (Lipinski definition) is 1. The van der Waals surface area contributed by atoms with E-state index in [-0.39, 0.29) is 11.9 Å². The van der Waals surface area contributed by atoms with E-state index >= 15 is 0 Å². The van der Waals surface area contributed by atoms with Crippen molar-refractivity contribution in [3.63, 3.8) is 0 Å². The summed E-state index contributed by atoms with van der Waals surface area (Å²) in [5.74, 6) is -0.647. The number of nitrogens with one attached hydrogen (secondary N) is 1. The van der Waals surface area contributed by atoms with Crippen LogP contribution in [0.1, 0.15) is 47.8 Å². The van der Waals surface area contributed by atoms with E-state index in [0.717, 1.165) is 54.3 Å². The van der Waals surface area contributed by atoms with Gasteiger partial charge in [-0.3, -0.25) is 9.78 Å². The number of aromatic nitrogens is 1. The van der Waals surface area contributed by atoms with Crippen LogP contribution in [0.25, 0.3) is 10.9 Å². The second-order valence-corrected chi connectivity index (χ2v) is 6.61. The lowest BCUT2D eigenvalue weighted by molar-refractivity contribution is -0.129. The standard InChI is InChI=1S/C19H20N2O3/c1-11(18(22)20-12-9-10-12)24-19(23)17-13-5-2-3-7-15(13)21-16-8-4-6-14(16)17/h2-3,5,7,11-12H,4,6,8-10H2,1H3,(H,20,22)/t11-/m1/s1. The van der Waals surface area contributed by atoms with Crippen LogP contribution >= 0.6 is 0 Å². The maximum absolute atomic E-state index is 12.8. The molecule has 1 saturated carbocycles. The van der Waals surface area contributed by atoms with E-state index in [9.17, 15) is 9.59 Å². The number of fused-ring (bicyclic) bond motifs is 2. The number of ether oxygens (including phenoxy) is 1. The van der Waals surface area contributed by atoms with Gasteiger partial charge in [-0.15, -0.1) is 0 Å². The van der Waals surface area contributed by atoms with Crippen molar-refractivity contribution in [1.29, 1.82) is 0 Å². The Morgan fingerprint density at radius 1 is 1.25 bits per heavy atom. The van der Waals surface area contributed by atoms with Gasteiger partial charge in [0.1, 0.15) is 0 Å². The van der Waals surface area contributed by atoms with Crippen molar-refractivity contribution in [1.82, 2.24) is 10.3 Å². The summed E-state index contributed by atoms with van der Waals surface area (Å²) in [7, 11) is 0. The van der Waals surface area contributed by atoms with Gasteiger partial charge in [0.25, 0.3) is 5.91 Å². The van der Waals surface area contributed by atoms with Crippen LogP contribution < -0.4 is 5.32 Å². The van der Waals surface area contributed by atoms with Gasteiger partial charge in [0.15, 0.2) is 6.10 Å². The van der Waals surface area contributed by atoms with Crippen molar-refractivity contribution >= 4 is 22.8 Å². The average Bonchev–Trinajstić information content (AvgIpc) is 3.27. The molecule has 1 fully saturated rings. The van der Waals surface area contributed by atoms with E-state index in [1.165, 1.54) is 0 Å². The Balaban J connectivity index is 1.65. The second kappa shape index (κ2) is 5.89. The molecule has 0 bridgehead atoms. The SMILES string of the molecule is C[C@@H](OC(=O)c1c2c(nc3ccccc13)CCC2)C(=O)NC1CC1. The number of benzene rings is 1. The van der Waals surface area contributed by atoms with Gasteiger partial charge >= 0.3 is 5.97 Å². The zero-order valence-corrected chi connectivity index (χ0v) is 13.7. The van der Waals surface area contributed by atoms with Crippen molar-refractivity contribution in [3.8, 4) is 0 Å². The molecule has 1 aromatic carbocycles. The molecule has 4 rings (SSSR count). The minimum atomic E-state index is -0.790. The van der Waals surface area contributed by atoms with Gasteiger partial charge in [0.05, 0.1) is 11.1 Å². The molecule has 0 radical (unpaired) electrons. The predicted octanol–water partition coefficient (Wildman–Crippen LogP) is 2.55. The first-order valence-corrected chi connectivity index (χ1v) is 8.55. The molecule has 0 saturated heterocycles. The minimum absolute atomic E-state index is 0.221. The lowest BCUT2D eigenvalue weighted by atomic mass is 10.0. The molecule has 24 heavy (non-hydrogen) atoms. The summed E-state index contributed by atoms with van der Waals surface area (Å²) in [6.07, 6.45) is 3.95. The Bertz CT molecular complexity index is 827. The number of aryl methyl sites for hydroxylation is 1. The Hall–Kier alpha value is -2.43. The highest BCUT2D eigenvalue weighted by atomic mass is 16.5. The number of carbonyl (C=O) groups excluding carboxylic acids is 2. The highest BCUT2D eigenvalue weighted by Gasteiger charge is 2.29. The Morgan fingerprint density at radius 2 is 2.04 bits per heavy atom. The third-order valence-electron chi connectivity index (χ3n) is 4.70. The van der Waals surface area contributed by atoms with E-state index in [1.807, 2.05) is 24.3 Å². The van der Waals surface area contributed by atoms with Gasteiger partial charge in [-0.05, 0) is 50.7 Å². The quantitative estimate of drug-likeness (QED) is 0.878. The fraction of sp³-hybridized carbons (Fsp3) is 0.421. The summed E-state index contributed by atoms with van der Waals surface area (Å²) >= 11 is 0. The van der Waals surface area contributed by atoms with Crippen molar-refractivity contribution < 1.29 is 14.3 Å². The number of rotatable bonds is 4. The summed E-state index contributed by atoms with van der Waals surface area (Å²) in [6, 6.07) is 7.87. The Labute approximate surface area is 140 Å². The first kappa shape index (κ1) is 15.1. The van der Waals surface area contributed by atoms with Gasteiger partial charge in [0.2, 0.25) is 0 Å². The van der Waals surface area contributed by atoms with Crippen molar-refractivity contribution in [2.75, 3.05) is 0 Å². The lowest BCUT2D eigenvalue weighted by Gasteiger charge is -2.16. The van der Waals surface area contributed by atoms with Gasteiger partial charge < -0.3 is 10.1 Å². The molecule has 5 nitrogen and oxygen atoms in total. The van der Waals surface area contributed by atoms with Crippen molar-refractivity contribution in [3.05, 3.63) is 41.1 Å². The van der Waals surface area contributed by atoms with Gasteiger partial charge in [0, 0.05) is 17.1 Å². The van der Waals surface area contributed by atoms with Gasteiger partial charge in [-0.2, -0.15) is 0 Å². The third kappa shape index (κ3) is 2.75. The van der Waals surface area contributed by atoms with Crippen LogP contribution in [0.3, 0.4) is 0 Å². The minimum Gasteiger partial charge on any atom is -0.449 e. The van der Waals surface area contributed by atoms with Crippen LogP contribution in [0, 0.1) is 0 Å². The summed E-state index contributed by atoms with van der Waals surface area (Å²) in [6.45, 7) is 1.62. The first-order valence-electron chi connectivity index (χ1n) is 8.55. The monoisotopic (exact) mass is 324 g/mol. The summed E-state index contributed by atoms with van der Waals surface area (Å²) in [5.41, 5.74) is 3.35. The predicted molar refractivity (Wildman–Crippen MR) is 89.8 cm³/mol. The first-order chi connectivity index (χ1) is 11.6. The normalized spacial score (nSPS) is 17.4. The molecule has 0 spiro atoms. The molecule has 1 atom stereocenters. The fourth-order valence-electron chi connectivity index (χ4n) is 3.26. The maximum Gasteiger partial charge on any atom is 0.339 e. The molecule has 0 unspecified atom stereocenters. The van der Waals surface area contributed by atoms with Crippen LogP contribution in [0.4, 0.5) is 0 Å². The zero-order valence-electron chi connectivity index (χ0n) is 13.7. The molecule has 124 valence electrons. The molecular weight excluding hydrogens is 304 g/mol. The second-order valence-electron chi connectivity index (χ2n) is 6.61. The summed E-state index contributed by atoms with van der Waals surface area (Å²) in [4.78, 5) is 29.5. The lowest BCUT2D eigenvalue weighted by Crippen LogP contribution is -2.37. The van der Waals surface area contributed by atoms with Crippen LogP contribution in [0.2, 0.25) is 0 Å². The summed E-state index contributed by atoms with van der Waals surface area (Å²) in [5, 5.41) is 3.68. The van der Waals surface area contributed by atoms with Crippen LogP contribution in [0.15, 0.2) is 24.3 Å². The van der Waals surface area contributed by atoms with Crippen molar-refractivity contribution in [2.45, 2.75) is 51.2 Å². The molecule has 2 aliphatic rings. The van der Waals surface area contributed by atoms with Crippen molar-refractivity contribution in [2.24, 2.45) is 0 Å². The number of carbonyl (C=O) groups is 2. The summed E-state index contributed by atoms with van der Waals surface area (Å²) < 4.78 is 5.48. The average molecular weight is 324 g/mol. The molecule has 0 aliphatic heterocycles. The molecule has 2 aliphatic carbocycles. The van der Waals surface area contributed by atoms with Gasteiger partial charge in [-0.25, -0.2) is 4.79 Å². The number of pyridine rings is 1. The van der Waals surface area contributed by atoms with Crippen LogP contribution in [-0.2, 0) is 22.4 Å². The van der Waals surface area contributed by atoms with E-state index in [0.29, 0.717) is 5.56 Å². The maximum atomic E-state index is 12.8. The highest BCUT2D eigenvalue weighted by molar-refractivity contribution is 6.06. The fourth-order valence-corrected chi connectivity index (χ4v) is 3.26. The van der Waals surface area contributed by atoms with E-state index < -0.39 is 12.1 Å². The highest BCUT2D eigenvalue weighted by Crippen LogP contribution is 2.30. The third-order valence-corrected chi connectivity index (χ3v) is 4.70.